The van der Waals surface area contributed by atoms with Crippen molar-refractivity contribution in [2.75, 3.05) is 0 Å². The molecule has 76 valence electrons. The molecule has 3 heteroatoms. The third-order valence-electron chi connectivity index (χ3n) is 2.21. The molecule has 1 aromatic carbocycles. The topological polar surface area (TPSA) is 25.8 Å². The molecule has 0 unspecified atom stereocenters. The van der Waals surface area contributed by atoms with Gasteiger partial charge >= 0.3 is 0 Å². The number of rotatable bonds is 2. The lowest BCUT2D eigenvalue weighted by Gasteiger charge is -2.03. The predicted molar refractivity (Wildman–Crippen MR) is 61.0 cm³/mol. The molecule has 0 N–H and O–H groups in total. The van der Waals surface area contributed by atoms with Gasteiger partial charge in [0.05, 0.1) is 5.69 Å². The second kappa shape index (κ2) is 4.41. The fourth-order valence-electron chi connectivity index (χ4n) is 1.42. The van der Waals surface area contributed by atoms with Gasteiger partial charge in [0.2, 0.25) is 0 Å². The van der Waals surface area contributed by atoms with Crippen molar-refractivity contribution in [2.45, 2.75) is 13.3 Å². The molecule has 0 atom stereocenters. The van der Waals surface area contributed by atoms with Crippen molar-refractivity contribution in [1.29, 1.82) is 0 Å². The van der Waals surface area contributed by atoms with Gasteiger partial charge in [-0.05, 0) is 36.2 Å². The Hall–Kier alpha value is -1.41. The van der Waals surface area contributed by atoms with Crippen molar-refractivity contribution < 1.29 is 0 Å². The first kappa shape index (κ1) is 10.1. The van der Waals surface area contributed by atoms with Gasteiger partial charge in [0.25, 0.3) is 0 Å². The number of benzene rings is 1. The lowest BCUT2D eigenvalue weighted by molar-refractivity contribution is 0.936. The van der Waals surface area contributed by atoms with Crippen LogP contribution in [0.2, 0.25) is 5.02 Å². The SMILES string of the molecule is Cc1ccc(Cc2cccnn2)c(Cl)c1. The highest BCUT2D eigenvalue weighted by Crippen LogP contribution is 2.19. The number of hydrogen-bond acceptors (Lipinski definition) is 2. The van der Waals surface area contributed by atoms with Gasteiger partial charge < -0.3 is 0 Å². The van der Waals surface area contributed by atoms with E-state index in [4.69, 9.17) is 11.6 Å². The first-order valence-electron chi connectivity index (χ1n) is 4.77. The fraction of sp³-hybridized carbons (Fsp3) is 0.167. The second-order valence-electron chi connectivity index (χ2n) is 3.49. The Morgan fingerprint density at radius 3 is 2.80 bits per heavy atom. The highest BCUT2D eigenvalue weighted by atomic mass is 35.5. The molecule has 2 rings (SSSR count). The van der Waals surface area contributed by atoms with E-state index in [0.29, 0.717) is 0 Å². The zero-order valence-corrected chi connectivity index (χ0v) is 9.20. The lowest BCUT2D eigenvalue weighted by atomic mass is 10.1. The van der Waals surface area contributed by atoms with E-state index in [1.807, 2.05) is 31.2 Å². The Labute approximate surface area is 93.9 Å². The summed E-state index contributed by atoms with van der Waals surface area (Å²) in [6.45, 7) is 2.03. The van der Waals surface area contributed by atoms with Gasteiger partial charge in [0, 0.05) is 17.6 Å². The van der Waals surface area contributed by atoms with Gasteiger partial charge in [-0.3, -0.25) is 0 Å². The molecule has 0 spiro atoms. The summed E-state index contributed by atoms with van der Waals surface area (Å²) in [5.41, 5.74) is 3.19. The number of aryl methyl sites for hydroxylation is 1. The molecule has 0 radical (unpaired) electrons. The molecular weight excluding hydrogens is 208 g/mol. The summed E-state index contributed by atoms with van der Waals surface area (Å²) in [6, 6.07) is 9.88. The molecule has 0 aliphatic rings. The molecule has 1 heterocycles. The number of nitrogens with zero attached hydrogens (tertiary/aromatic N) is 2. The molecule has 0 aliphatic heterocycles. The first-order chi connectivity index (χ1) is 7.25. The van der Waals surface area contributed by atoms with E-state index in [1.165, 1.54) is 5.56 Å². The van der Waals surface area contributed by atoms with Gasteiger partial charge in [0.15, 0.2) is 0 Å². The van der Waals surface area contributed by atoms with Crippen LogP contribution >= 0.6 is 11.6 Å². The smallest absolute Gasteiger partial charge is 0.0675 e. The van der Waals surface area contributed by atoms with Crippen LogP contribution in [0.3, 0.4) is 0 Å². The minimum atomic E-state index is 0.729. The Morgan fingerprint density at radius 1 is 1.27 bits per heavy atom. The maximum atomic E-state index is 6.13. The zero-order valence-electron chi connectivity index (χ0n) is 8.44. The normalized spacial score (nSPS) is 10.3. The van der Waals surface area contributed by atoms with Crippen molar-refractivity contribution in [3.05, 3.63) is 58.4 Å². The molecule has 0 fully saturated rings. The fourth-order valence-corrected chi connectivity index (χ4v) is 1.72. The van der Waals surface area contributed by atoms with E-state index < -0.39 is 0 Å². The molecule has 15 heavy (non-hydrogen) atoms. The molecule has 0 saturated heterocycles. The van der Waals surface area contributed by atoms with Crippen molar-refractivity contribution >= 4 is 11.6 Å². The summed E-state index contributed by atoms with van der Waals surface area (Å²) in [5, 5.41) is 8.66. The summed E-state index contributed by atoms with van der Waals surface area (Å²) in [4.78, 5) is 0. The van der Waals surface area contributed by atoms with Crippen LogP contribution in [0.25, 0.3) is 0 Å². The molecular formula is C12H11ClN2. The standard InChI is InChI=1S/C12H11ClN2/c1-9-4-5-10(12(13)7-9)8-11-3-2-6-14-15-11/h2-7H,8H2,1H3. The molecule has 0 saturated carbocycles. The molecule has 0 bridgehead atoms. The monoisotopic (exact) mass is 218 g/mol. The summed E-state index contributed by atoms with van der Waals surface area (Å²) in [5.74, 6) is 0. The van der Waals surface area contributed by atoms with Crippen molar-refractivity contribution in [1.82, 2.24) is 10.2 Å². The van der Waals surface area contributed by atoms with Crippen molar-refractivity contribution in [3.8, 4) is 0 Å². The highest BCUT2D eigenvalue weighted by Gasteiger charge is 2.02. The molecule has 1 aromatic heterocycles. The van der Waals surface area contributed by atoms with E-state index in [1.54, 1.807) is 6.20 Å². The van der Waals surface area contributed by atoms with Gasteiger partial charge in [0.1, 0.15) is 0 Å². The van der Waals surface area contributed by atoms with Crippen LogP contribution in [0, 0.1) is 6.92 Å². The predicted octanol–water partition coefficient (Wildman–Crippen LogP) is 3.03. The highest BCUT2D eigenvalue weighted by molar-refractivity contribution is 6.31. The van der Waals surface area contributed by atoms with Crippen LogP contribution in [0.15, 0.2) is 36.5 Å². The van der Waals surface area contributed by atoms with Gasteiger partial charge in [-0.1, -0.05) is 23.7 Å². The summed E-state index contributed by atoms with van der Waals surface area (Å²) >= 11 is 6.13. The summed E-state index contributed by atoms with van der Waals surface area (Å²) in [6.07, 6.45) is 2.40. The van der Waals surface area contributed by atoms with E-state index in [2.05, 4.69) is 16.3 Å². The van der Waals surface area contributed by atoms with Gasteiger partial charge in [-0.15, -0.1) is 0 Å². The third-order valence-corrected chi connectivity index (χ3v) is 2.56. The van der Waals surface area contributed by atoms with Crippen LogP contribution in [0.1, 0.15) is 16.8 Å². The molecule has 2 nitrogen and oxygen atoms in total. The zero-order chi connectivity index (χ0) is 10.7. The van der Waals surface area contributed by atoms with Crippen molar-refractivity contribution in [3.63, 3.8) is 0 Å². The number of aromatic nitrogens is 2. The summed E-state index contributed by atoms with van der Waals surface area (Å²) < 4.78 is 0. The average Bonchev–Trinajstić information content (AvgIpc) is 2.24. The van der Waals surface area contributed by atoms with Crippen molar-refractivity contribution in [2.24, 2.45) is 0 Å². The number of hydrogen-bond donors (Lipinski definition) is 0. The van der Waals surface area contributed by atoms with E-state index in [-0.39, 0.29) is 0 Å². The van der Waals surface area contributed by atoms with Crippen LogP contribution in [0.4, 0.5) is 0 Å². The maximum Gasteiger partial charge on any atom is 0.0675 e. The minimum Gasteiger partial charge on any atom is -0.159 e. The quantitative estimate of drug-likeness (QED) is 0.775. The van der Waals surface area contributed by atoms with E-state index in [9.17, 15) is 0 Å². The lowest BCUT2D eigenvalue weighted by Crippen LogP contribution is -1.94. The van der Waals surface area contributed by atoms with E-state index >= 15 is 0 Å². The average molecular weight is 219 g/mol. The minimum absolute atomic E-state index is 0.729. The van der Waals surface area contributed by atoms with Crippen LogP contribution < -0.4 is 0 Å². The summed E-state index contributed by atoms with van der Waals surface area (Å²) in [7, 11) is 0. The molecule has 0 amide bonds. The van der Waals surface area contributed by atoms with E-state index in [0.717, 1.165) is 22.7 Å². The second-order valence-corrected chi connectivity index (χ2v) is 3.89. The largest absolute Gasteiger partial charge is 0.159 e. The van der Waals surface area contributed by atoms with Crippen LogP contribution in [-0.4, -0.2) is 10.2 Å². The van der Waals surface area contributed by atoms with Gasteiger partial charge in [-0.25, -0.2) is 0 Å². The third kappa shape index (κ3) is 2.54. The Bertz CT molecular complexity index is 454. The van der Waals surface area contributed by atoms with Gasteiger partial charge in [-0.2, -0.15) is 10.2 Å². The maximum absolute atomic E-state index is 6.13. The Morgan fingerprint density at radius 2 is 2.13 bits per heavy atom. The first-order valence-corrected chi connectivity index (χ1v) is 5.15. The van der Waals surface area contributed by atoms with Crippen LogP contribution in [-0.2, 0) is 6.42 Å². The molecule has 0 aliphatic carbocycles. The Kier molecular flexibility index (Phi) is 2.97. The Balaban J connectivity index is 2.25. The molecule has 2 aromatic rings. The number of halogens is 1. The van der Waals surface area contributed by atoms with Crippen LogP contribution in [0.5, 0.6) is 0 Å².